The number of aromatic nitrogens is 4. The summed E-state index contributed by atoms with van der Waals surface area (Å²) in [6.45, 7) is 13.1. The molecule has 0 radical (unpaired) electrons. The highest BCUT2D eigenvalue weighted by Crippen LogP contribution is 2.25. The molecule has 0 saturated heterocycles. The summed E-state index contributed by atoms with van der Waals surface area (Å²) in [6.07, 6.45) is 2.35. The van der Waals surface area contributed by atoms with E-state index in [2.05, 4.69) is 50.9 Å². The lowest BCUT2D eigenvalue weighted by Gasteiger charge is -2.21. The maximum Gasteiger partial charge on any atom is 0.242 e. The number of nitrogens with zero attached hydrogens (tertiary/aromatic N) is 4. The highest BCUT2D eigenvalue weighted by atomic mass is 35.5. The number of fused-ring (bicyclic) bond motifs is 1. The second-order valence-corrected chi connectivity index (χ2v) is 10.2. The van der Waals surface area contributed by atoms with Crippen LogP contribution in [0.4, 0.5) is 0 Å². The fourth-order valence-corrected chi connectivity index (χ4v) is 3.88. The van der Waals surface area contributed by atoms with Gasteiger partial charge in [0.1, 0.15) is 6.54 Å². The van der Waals surface area contributed by atoms with Crippen molar-refractivity contribution in [3.8, 4) is 5.88 Å². The lowest BCUT2D eigenvalue weighted by atomic mass is 9.84. The number of Topliss-reactive ketones (excluding diaryl/α,β-unsaturated/α-hetero) is 1. The summed E-state index contributed by atoms with van der Waals surface area (Å²) in [5.74, 6) is 0.299. The Morgan fingerprint density at radius 1 is 1.14 bits per heavy atom. The topological polar surface area (TPSA) is 115 Å². The fraction of sp³-hybridized carbons (Fsp3) is 0.556. The van der Waals surface area contributed by atoms with Crippen molar-refractivity contribution >= 4 is 23.8 Å². The molecule has 204 valence electrons. The van der Waals surface area contributed by atoms with E-state index in [1.807, 2.05) is 25.1 Å². The molecule has 1 aromatic carbocycles. The third kappa shape index (κ3) is 7.63. The number of ether oxygens (including phenoxy) is 2. The normalized spacial score (nSPS) is 11.7. The smallest absolute Gasteiger partial charge is 0.242 e. The molecule has 0 unspecified atom stereocenters. The van der Waals surface area contributed by atoms with E-state index in [4.69, 9.17) is 20.0 Å². The van der Waals surface area contributed by atoms with E-state index in [1.165, 1.54) is 9.20 Å². The Bertz CT molecular complexity index is 1260. The monoisotopic (exact) mass is 533 g/mol. The average molecular weight is 534 g/mol. The predicted molar refractivity (Wildman–Crippen MR) is 145 cm³/mol. The molecule has 0 spiro atoms. The van der Waals surface area contributed by atoms with Crippen LogP contribution in [0, 0.1) is 12.3 Å². The van der Waals surface area contributed by atoms with Crippen LogP contribution in [0.5, 0.6) is 5.88 Å². The largest absolute Gasteiger partial charge is 0.473 e. The summed E-state index contributed by atoms with van der Waals surface area (Å²) < 4.78 is 14.4. The number of carbonyl (C=O) groups is 1. The van der Waals surface area contributed by atoms with Crippen LogP contribution in [-0.4, -0.2) is 49.6 Å². The van der Waals surface area contributed by atoms with Crippen molar-refractivity contribution < 1.29 is 19.4 Å². The van der Waals surface area contributed by atoms with Gasteiger partial charge in [0.2, 0.25) is 11.5 Å². The molecule has 0 aliphatic rings. The first-order valence-electron chi connectivity index (χ1n) is 12.6. The number of aliphatic hydroxyl groups is 1. The Kier molecular flexibility index (Phi) is 10.8. The number of aliphatic hydroxyl groups excluding tert-OH is 1. The molecular weight excluding hydrogens is 494 g/mol. The summed E-state index contributed by atoms with van der Waals surface area (Å²) >= 11 is 0. The van der Waals surface area contributed by atoms with Crippen LogP contribution in [0.15, 0.2) is 24.3 Å². The lowest BCUT2D eigenvalue weighted by Crippen LogP contribution is -2.27. The van der Waals surface area contributed by atoms with Crippen LogP contribution in [0.2, 0.25) is 0 Å². The minimum atomic E-state index is -0.154. The Morgan fingerprint density at radius 3 is 2.46 bits per heavy atom. The molecule has 2 N–H and O–H groups in total. The fourth-order valence-electron chi connectivity index (χ4n) is 3.88. The Morgan fingerprint density at radius 2 is 1.84 bits per heavy atom. The van der Waals surface area contributed by atoms with Gasteiger partial charge in [0.25, 0.3) is 0 Å². The maximum absolute atomic E-state index is 13.4. The van der Waals surface area contributed by atoms with Gasteiger partial charge >= 0.3 is 0 Å². The van der Waals surface area contributed by atoms with Crippen molar-refractivity contribution in [3.05, 3.63) is 52.1 Å². The van der Waals surface area contributed by atoms with E-state index in [-0.39, 0.29) is 48.5 Å². The predicted octanol–water partition coefficient (Wildman–Crippen LogP) is 4.39. The number of aryl methyl sites for hydroxylation is 1. The number of rotatable bonds is 12. The molecule has 37 heavy (non-hydrogen) atoms. The molecule has 0 amide bonds. The third-order valence-electron chi connectivity index (χ3n) is 6.14. The van der Waals surface area contributed by atoms with Crippen molar-refractivity contribution in [2.75, 3.05) is 13.2 Å². The molecule has 0 aliphatic heterocycles. The number of hydrogen-bond acceptors (Lipinski definition) is 7. The first-order chi connectivity index (χ1) is 17.1. The number of benzene rings is 1. The molecule has 9 nitrogen and oxygen atoms in total. The Labute approximate surface area is 224 Å². The van der Waals surface area contributed by atoms with Crippen LogP contribution >= 0.6 is 12.4 Å². The van der Waals surface area contributed by atoms with Crippen molar-refractivity contribution in [2.24, 2.45) is 0 Å². The molecule has 2 heterocycles. The summed E-state index contributed by atoms with van der Waals surface area (Å²) in [5.41, 5.74) is 3.68. The van der Waals surface area contributed by atoms with E-state index in [1.54, 1.807) is 0 Å². The minimum absolute atomic E-state index is 0. The standard InChI is InChI=1S/C27H39N5O4.ClH/c1-7-22(8-2)36-24-12-18(3)25-30-31(26(28)32(25)29-24)16-23(34)20-13-19(17-35-11-9-10-33)14-21(15-20)27(4,5)6;/h12-15,22,28,33H,7-11,16-17H2,1-6H3;1H. The zero-order valence-electron chi connectivity index (χ0n) is 22.7. The van der Waals surface area contributed by atoms with E-state index in [0.29, 0.717) is 36.7 Å². The quantitative estimate of drug-likeness (QED) is 0.263. The van der Waals surface area contributed by atoms with Gasteiger partial charge in [0.15, 0.2) is 11.4 Å². The van der Waals surface area contributed by atoms with Crippen molar-refractivity contribution in [1.29, 1.82) is 5.41 Å². The van der Waals surface area contributed by atoms with Crippen LogP contribution < -0.4 is 10.4 Å². The molecule has 0 bridgehead atoms. The average Bonchev–Trinajstić information content (AvgIpc) is 3.15. The third-order valence-corrected chi connectivity index (χ3v) is 6.14. The van der Waals surface area contributed by atoms with Crippen LogP contribution in [0.3, 0.4) is 0 Å². The van der Waals surface area contributed by atoms with Gasteiger partial charge in [0.05, 0.1) is 12.7 Å². The summed E-state index contributed by atoms with van der Waals surface area (Å²) in [7, 11) is 0. The van der Waals surface area contributed by atoms with Gasteiger partial charge in [-0.05, 0) is 54.9 Å². The van der Waals surface area contributed by atoms with E-state index in [0.717, 1.165) is 29.5 Å². The minimum Gasteiger partial charge on any atom is -0.473 e. The molecule has 0 aliphatic carbocycles. The number of carbonyl (C=O) groups excluding carboxylic acids is 1. The van der Waals surface area contributed by atoms with Gasteiger partial charge in [-0.25, -0.2) is 4.68 Å². The highest BCUT2D eigenvalue weighted by Gasteiger charge is 2.20. The lowest BCUT2D eigenvalue weighted by molar-refractivity contribution is 0.0963. The van der Waals surface area contributed by atoms with Crippen molar-refractivity contribution in [2.45, 2.75) is 85.5 Å². The molecule has 0 atom stereocenters. The maximum atomic E-state index is 13.4. The van der Waals surface area contributed by atoms with E-state index < -0.39 is 0 Å². The Balaban J connectivity index is 0.00000481. The van der Waals surface area contributed by atoms with E-state index in [9.17, 15) is 4.79 Å². The molecule has 10 heteroatoms. The van der Waals surface area contributed by atoms with Gasteiger partial charge < -0.3 is 14.6 Å². The number of ketones is 1. The van der Waals surface area contributed by atoms with Crippen LogP contribution in [0.1, 0.15) is 80.9 Å². The van der Waals surface area contributed by atoms with Crippen LogP contribution in [0.25, 0.3) is 5.65 Å². The first-order valence-corrected chi connectivity index (χ1v) is 12.6. The van der Waals surface area contributed by atoms with Gasteiger partial charge in [-0.1, -0.05) is 40.7 Å². The molecule has 3 aromatic rings. The second-order valence-electron chi connectivity index (χ2n) is 10.2. The van der Waals surface area contributed by atoms with Crippen molar-refractivity contribution in [3.63, 3.8) is 0 Å². The van der Waals surface area contributed by atoms with Crippen molar-refractivity contribution in [1.82, 2.24) is 19.4 Å². The Hall–Kier alpha value is -2.75. The molecule has 3 rings (SSSR count). The van der Waals surface area contributed by atoms with Crippen LogP contribution in [-0.2, 0) is 23.3 Å². The van der Waals surface area contributed by atoms with Gasteiger partial charge in [-0.2, -0.15) is 4.52 Å². The van der Waals surface area contributed by atoms with Gasteiger partial charge in [-0.15, -0.1) is 22.6 Å². The number of hydrogen-bond donors (Lipinski definition) is 2. The summed E-state index contributed by atoms with van der Waals surface area (Å²) in [6, 6.07) is 7.62. The zero-order valence-corrected chi connectivity index (χ0v) is 23.5. The second kappa shape index (κ2) is 13.2. The zero-order chi connectivity index (χ0) is 26.5. The summed E-state index contributed by atoms with van der Waals surface area (Å²) in [5, 5.41) is 26.6. The molecular formula is C27H40ClN5O4. The van der Waals surface area contributed by atoms with Gasteiger partial charge in [0, 0.05) is 30.4 Å². The number of nitrogens with one attached hydrogen (secondary N) is 1. The number of halogens is 1. The molecule has 0 saturated carbocycles. The molecule has 0 fully saturated rings. The highest BCUT2D eigenvalue weighted by molar-refractivity contribution is 5.96. The van der Waals surface area contributed by atoms with E-state index >= 15 is 0 Å². The van der Waals surface area contributed by atoms with Gasteiger partial charge in [-0.3, -0.25) is 10.2 Å². The molecule has 2 aromatic heterocycles. The first kappa shape index (κ1) is 30.5. The summed E-state index contributed by atoms with van der Waals surface area (Å²) in [4.78, 5) is 13.4. The SMILES string of the molecule is CCC(CC)Oc1cc(C)c2nn(CC(=O)c3cc(COCCCO)cc(C(C)(C)C)c3)c(=N)n2n1.Cl.